The lowest BCUT2D eigenvalue weighted by Gasteiger charge is -2.41. The topological polar surface area (TPSA) is 131 Å². The Bertz CT molecular complexity index is 2160. The minimum atomic E-state index is -0.448. The molecule has 13 nitrogen and oxygen atoms in total. The molecule has 7 rings (SSSR count). The number of nitrogens with zero attached hydrogens (tertiary/aromatic N) is 7. The molecule has 0 aromatic heterocycles. The fourth-order valence-electron chi connectivity index (χ4n) is 7.06. The molecule has 0 saturated heterocycles. The summed E-state index contributed by atoms with van der Waals surface area (Å²) in [5.74, 6) is 3.01. The van der Waals surface area contributed by atoms with Gasteiger partial charge in [0.1, 0.15) is 59.9 Å². The van der Waals surface area contributed by atoms with Gasteiger partial charge in [0.05, 0.1) is 47.7 Å². The van der Waals surface area contributed by atoms with E-state index in [0.717, 1.165) is 59.0 Å². The van der Waals surface area contributed by atoms with Gasteiger partial charge in [-0.05, 0) is 44.4 Å². The molecule has 3 aliphatic heterocycles. The second-order valence-corrected chi connectivity index (χ2v) is 13.1. The van der Waals surface area contributed by atoms with E-state index >= 15 is 0 Å². The fraction of sp³-hybridized carbons (Fsp3) is 0.368. The van der Waals surface area contributed by atoms with Gasteiger partial charge in [0, 0.05) is 56.6 Å². The Morgan fingerprint density at radius 2 is 1.78 bits per heavy atom. The molecular weight excluding hydrogens is 650 g/mol. The summed E-state index contributed by atoms with van der Waals surface area (Å²) in [4.78, 5) is 19.9. The highest BCUT2D eigenvalue weighted by Gasteiger charge is 2.34. The van der Waals surface area contributed by atoms with Crippen molar-refractivity contribution in [1.82, 2.24) is 9.56 Å². The Labute approximate surface area is 295 Å². The molecule has 0 spiro atoms. The Balaban J connectivity index is 1.09. The number of azo groups is 1. The third-order valence-electron chi connectivity index (χ3n) is 9.93. The molecule has 3 atom stereocenters. The van der Waals surface area contributed by atoms with E-state index in [9.17, 15) is 10.1 Å². The van der Waals surface area contributed by atoms with Crippen molar-refractivity contribution in [2.45, 2.75) is 39.3 Å². The van der Waals surface area contributed by atoms with E-state index in [4.69, 9.17) is 23.6 Å². The van der Waals surface area contributed by atoms with Crippen LogP contribution in [-0.4, -0.2) is 69.5 Å². The van der Waals surface area contributed by atoms with Crippen molar-refractivity contribution < 1.29 is 23.6 Å². The van der Waals surface area contributed by atoms with Gasteiger partial charge in [-0.2, -0.15) is 5.11 Å². The lowest BCUT2D eigenvalue weighted by Crippen LogP contribution is -2.47. The van der Waals surface area contributed by atoms with Crippen LogP contribution in [0.1, 0.15) is 27.2 Å². The monoisotopic (exact) mass is 692 g/mol. The van der Waals surface area contributed by atoms with Crippen molar-refractivity contribution in [2.24, 2.45) is 16.1 Å². The molecule has 0 saturated carbocycles. The molecule has 51 heavy (non-hydrogen) atoms. The minimum Gasteiger partial charge on any atom is -0.494 e. The third-order valence-corrected chi connectivity index (χ3v) is 9.93. The van der Waals surface area contributed by atoms with E-state index < -0.39 is 4.92 Å². The van der Waals surface area contributed by atoms with E-state index in [2.05, 4.69) is 64.6 Å². The van der Waals surface area contributed by atoms with Crippen molar-refractivity contribution in [1.29, 1.82) is 0 Å². The number of anilines is 2. The SMILES string of the molecule is CC[N+](CC)=c1ccc2nc3cc4c(cc3oc-2c1)N(C)C([C@@H](C)CC1CN(C)c2cc(OC)c(N=Nc3ccc([N+](=O)[O-])cc3)cc2O1)CO4. The molecule has 4 aliphatic rings. The lowest BCUT2D eigenvalue weighted by molar-refractivity contribution is -0.384. The Morgan fingerprint density at radius 1 is 1.00 bits per heavy atom. The number of nitro groups is 1. The Kier molecular flexibility index (Phi) is 9.19. The number of hydrogen-bond acceptors (Lipinski definition) is 11. The maximum absolute atomic E-state index is 11.0. The number of nitro benzene ring substituents is 1. The Hall–Kier alpha value is -5.72. The number of ether oxygens (including phenoxy) is 3. The van der Waals surface area contributed by atoms with Gasteiger partial charge < -0.3 is 28.4 Å². The normalized spacial score (nSPS) is 17.5. The van der Waals surface area contributed by atoms with Gasteiger partial charge in [-0.15, -0.1) is 5.11 Å². The lowest BCUT2D eigenvalue weighted by atomic mass is 9.92. The third kappa shape index (κ3) is 6.63. The summed E-state index contributed by atoms with van der Waals surface area (Å²) in [5, 5.41) is 20.8. The molecule has 0 fully saturated rings. The molecular formula is C38H42N7O6+. The average molecular weight is 693 g/mol. The summed E-state index contributed by atoms with van der Waals surface area (Å²) < 4.78 is 27.3. The summed E-state index contributed by atoms with van der Waals surface area (Å²) in [6, 6.07) is 19.9. The molecule has 264 valence electrons. The predicted octanol–water partition coefficient (Wildman–Crippen LogP) is 7.20. The quantitative estimate of drug-likeness (QED) is 0.0518. The molecule has 2 unspecified atom stereocenters. The van der Waals surface area contributed by atoms with Crippen LogP contribution in [-0.2, 0) is 0 Å². The number of likely N-dealkylation sites (N-methyl/N-ethyl adjacent to an activating group) is 2. The molecule has 1 aliphatic carbocycles. The first-order valence-electron chi connectivity index (χ1n) is 17.2. The second kappa shape index (κ2) is 13.9. The van der Waals surface area contributed by atoms with Crippen LogP contribution in [0.2, 0.25) is 0 Å². The number of methoxy groups -OCH3 is 1. The molecule has 0 N–H and O–H groups in total. The van der Waals surface area contributed by atoms with Crippen LogP contribution in [0.4, 0.5) is 28.4 Å². The molecule has 0 bridgehead atoms. The fourth-order valence-corrected chi connectivity index (χ4v) is 7.06. The van der Waals surface area contributed by atoms with Crippen LogP contribution >= 0.6 is 0 Å². The van der Waals surface area contributed by atoms with Gasteiger partial charge in [0.2, 0.25) is 5.36 Å². The molecule has 0 amide bonds. The van der Waals surface area contributed by atoms with Crippen LogP contribution < -0.4 is 33.9 Å². The van der Waals surface area contributed by atoms with Gasteiger partial charge in [-0.3, -0.25) is 10.1 Å². The average Bonchev–Trinajstić information content (AvgIpc) is 3.13. The maximum atomic E-state index is 11.0. The summed E-state index contributed by atoms with van der Waals surface area (Å²) in [5.41, 5.74) is 5.14. The summed E-state index contributed by atoms with van der Waals surface area (Å²) >= 11 is 0. The summed E-state index contributed by atoms with van der Waals surface area (Å²) in [7, 11) is 5.74. The van der Waals surface area contributed by atoms with Gasteiger partial charge >= 0.3 is 0 Å². The highest BCUT2D eigenvalue weighted by atomic mass is 16.6. The van der Waals surface area contributed by atoms with Gasteiger partial charge in [0.25, 0.3) is 5.69 Å². The minimum absolute atomic E-state index is 0.00761. The van der Waals surface area contributed by atoms with Crippen LogP contribution in [0, 0.1) is 16.0 Å². The zero-order valence-electron chi connectivity index (χ0n) is 29.7. The highest BCUT2D eigenvalue weighted by Crippen LogP contribution is 2.44. The van der Waals surface area contributed by atoms with Gasteiger partial charge in [0.15, 0.2) is 11.3 Å². The molecule has 3 aromatic rings. The zero-order chi connectivity index (χ0) is 35.8. The molecule has 0 radical (unpaired) electrons. The van der Waals surface area contributed by atoms with Gasteiger partial charge in [-0.1, -0.05) is 6.92 Å². The number of rotatable bonds is 9. The smallest absolute Gasteiger partial charge is 0.269 e. The summed E-state index contributed by atoms with van der Waals surface area (Å²) in [6.07, 6.45) is 0.712. The number of benzene rings is 4. The first kappa shape index (κ1) is 33.8. The number of fused-ring (bicyclic) bond motifs is 4. The van der Waals surface area contributed by atoms with E-state index in [1.807, 2.05) is 37.4 Å². The predicted molar refractivity (Wildman–Crippen MR) is 196 cm³/mol. The van der Waals surface area contributed by atoms with Crippen molar-refractivity contribution in [3.63, 3.8) is 0 Å². The molecule has 13 heteroatoms. The molecule has 3 aromatic carbocycles. The van der Waals surface area contributed by atoms with Crippen LogP contribution in [0.25, 0.3) is 22.6 Å². The van der Waals surface area contributed by atoms with Gasteiger partial charge in [-0.25, -0.2) is 9.56 Å². The molecule has 3 heterocycles. The first-order chi connectivity index (χ1) is 24.6. The van der Waals surface area contributed by atoms with Crippen LogP contribution in [0.15, 0.2) is 81.4 Å². The second-order valence-electron chi connectivity index (χ2n) is 13.1. The van der Waals surface area contributed by atoms with Crippen molar-refractivity contribution in [3.8, 4) is 28.7 Å². The van der Waals surface area contributed by atoms with E-state index in [-0.39, 0.29) is 23.8 Å². The summed E-state index contributed by atoms with van der Waals surface area (Å²) in [6.45, 7) is 9.61. The van der Waals surface area contributed by atoms with Crippen molar-refractivity contribution in [3.05, 3.63) is 82.2 Å². The zero-order valence-corrected chi connectivity index (χ0v) is 29.7. The Morgan fingerprint density at radius 3 is 2.51 bits per heavy atom. The maximum Gasteiger partial charge on any atom is 0.269 e. The number of non-ortho nitro benzene ring substituents is 1. The number of aromatic nitrogens is 1. The standard InChI is InChI=1S/C38H42N7O6/c1-7-44(8-2)26-13-14-28-35(16-26)51-36-20-32-37(17-29(36)39-28)49-22-33(43(32)5)23(3)15-27-21-42(4)31-19-34(48-6)30(18-38(31)50-27)41-40-24-9-11-25(12-10-24)45(46)47/h9-14,16-20,23,27,33H,7-8,15,21-22H2,1-6H3/q+1/t23-,27?,33?/m0/s1. The van der Waals surface area contributed by atoms with E-state index in [1.54, 1.807) is 19.2 Å². The number of hydrogen-bond donors (Lipinski definition) is 0. The van der Waals surface area contributed by atoms with Crippen LogP contribution in [0.5, 0.6) is 17.2 Å². The van der Waals surface area contributed by atoms with E-state index in [1.165, 1.54) is 12.1 Å². The first-order valence-corrected chi connectivity index (χ1v) is 17.2. The largest absolute Gasteiger partial charge is 0.494 e. The van der Waals surface area contributed by atoms with Crippen LogP contribution in [0.3, 0.4) is 0 Å². The van der Waals surface area contributed by atoms with E-state index in [0.29, 0.717) is 41.6 Å². The van der Waals surface area contributed by atoms with Crippen molar-refractivity contribution in [2.75, 3.05) is 57.2 Å². The van der Waals surface area contributed by atoms with Crippen molar-refractivity contribution >= 4 is 39.5 Å². The highest BCUT2D eigenvalue weighted by molar-refractivity contribution is 5.84.